The Kier molecular flexibility index (Phi) is 6.04. The quantitative estimate of drug-likeness (QED) is 0.397. The third-order valence-electron chi connectivity index (χ3n) is 8.26. The van der Waals surface area contributed by atoms with Crippen LogP contribution < -0.4 is 4.74 Å². The standard InChI is InChI=1S/C29H33N5O4/c1-17(35)28-21-12-20(38-16-26-30-7-4-8-31-26)5-6-22(21)33(32-28)15-27(37)34-23-10-19(23)11-24(34)25(36)9-18-13-29(2,3)14-18/h4-8,12,18-19,23-24H,9-11,13-16H2,1-3H3/t19-,23-,24+/m1/s1. The number of ether oxygens (including phenoxy) is 1. The van der Waals surface area contributed by atoms with E-state index in [1.165, 1.54) is 6.92 Å². The van der Waals surface area contributed by atoms with E-state index in [0.717, 1.165) is 25.7 Å². The molecule has 1 aromatic carbocycles. The first-order valence-corrected chi connectivity index (χ1v) is 13.4. The number of fused-ring (bicyclic) bond motifs is 2. The summed E-state index contributed by atoms with van der Waals surface area (Å²) in [5.74, 6) is 1.88. The molecule has 6 rings (SSSR count). The Bertz CT molecular complexity index is 1410. The van der Waals surface area contributed by atoms with Gasteiger partial charge < -0.3 is 9.64 Å². The number of amides is 1. The molecular weight excluding hydrogens is 482 g/mol. The van der Waals surface area contributed by atoms with Crippen LogP contribution >= 0.6 is 0 Å². The van der Waals surface area contributed by atoms with Gasteiger partial charge in [-0.05, 0) is 67.2 Å². The van der Waals surface area contributed by atoms with Crippen molar-refractivity contribution in [2.24, 2.45) is 17.3 Å². The highest BCUT2D eigenvalue weighted by molar-refractivity contribution is 6.05. The highest BCUT2D eigenvalue weighted by Crippen LogP contribution is 2.50. The predicted molar refractivity (Wildman–Crippen MR) is 139 cm³/mol. The molecule has 0 bridgehead atoms. The van der Waals surface area contributed by atoms with E-state index >= 15 is 0 Å². The number of Topliss-reactive ketones (excluding diaryl/α,β-unsaturated/α-hetero) is 2. The van der Waals surface area contributed by atoms with Crippen molar-refractivity contribution in [3.05, 3.63) is 48.2 Å². The Balaban J connectivity index is 1.19. The third-order valence-corrected chi connectivity index (χ3v) is 8.26. The van der Waals surface area contributed by atoms with E-state index in [9.17, 15) is 14.4 Å². The maximum Gasteiger partial charge on any atom is 0.245 e. The van der Waals surface area contributed by atoms with Gasteiger partial charge in [0.25, 0.3) is 0 Å². The lowest BCUT2D eigenvalue weighted by atomic mass is 9.63. The van der Waals surface area contributed by atoms with Crippen LogP contribution in [0.1, 0.15) is 69.2 Å². The number of aromatic nitrogens is 4. The molecule has 3 aliphatic rings. The normalized spacial score (nSPS) is 23.7. The van der Waals surface area contributed by atoms with E-state index < -0.39 is 0 Å². The molecule has 198 valence electrons. The Hall–Kier alpha value is -3.62. The largest absolute Gasteiger partial charge is 0.486 e. The van der Waals surface area contributed by atoms with Crippen LogP contribution in [0.4, 0.5) is 0 Å². The lowest BCUT2D eigenvalue weighted by Crippen LogP contribution is -2.46. The van der Waals surface area contributed by atoms with Crippen LogP contribution in [-0.4, -0.2) is 54.2 Å². The molecule has 1 amide bonds. The highest BCUT2D eigenvalue weighted by Gasteiger charge is 2.56. The predicted octanol–water partition coefficient (Wildman–Crippen LogP) is 3.99. The summed E-state index contributed by atoms with van der Waals surface area (Å²) in [6.07, 6.45) is 7.76. The molecule has 0 unspecified atom stereocenters. The molecule has 3 fully saturated rings. The molecule has 38 heavy (non-hydrogen) atoms. The summed E-state index contributed by atoms with van der Waals surface area (Å²) in [5.41, 5.74) is 1.30. The molecule has 9 heteroatoms. The average Bonchev–Trinajstić information content (AvgIpc) is 3.38. The minimum absolute atomic E-state index is 0.00863. The Morgan fingerprint density at radius 3 is 2.58 bits per heavy atom. The summed E-state index contributed by atoms with van der Waals surface area (Å²) in [4.78, 5) is 49.4. The number of benzene rings is 1. The fourth-order valence-corrected chi connectivity index (χ4v) is 6.56. The molecule has 3 atom stereocenters. The van der Waals surface area contributed by atoms with Crippen LogP contribution in [0.3, 0.4) is 0 Å². The first-order chi connectivity index (χ1) is 18.2. The molecular formula is C29H33N5O4. The van der Waals surface area contributed by atoms with Crippen LogP contribution in [0.5, 0.6) is 5.75 Å². The van der Waals surface area contributed by atoms with Gasteiger partial charge in [-0.2, -0.15) is 5.10 Å². The topological polar surface area (TPSA) is 107 Å². The summed E-state index contributed by atoms with van der Waals surface area (Å²) < 4.78 is 7.43. The molecule has 1 saturated heterocycles. The van der Waals surface area contributed by atoms with E-state index in [1.54, 1.807) is 35.3 Å². The van der Waals surface area contributed by atoms with Crippen molar-refractivity contribution in [1.82, 2.24) is 24.6 Å². The zero-order valence-electron chi connectivity index (χ0n) is 22.1. The molecule has 3 heterocycles. The van der Waals surface area contributed by atoms with Crippen molar-refractivity contribution < 1.29 is 19.1 Å². The molecule has 2 aliphatic carbocycles. The Morgan fingerprint density at radius 1 is 1.11 bits per heavy atom. The molecule has 1 aliphatic heterocycles. The van der Waals surface area contributed by atoms with Crippen molar-refractivity contribution in [1.29, 1.82) is 0 Å². The smallest absolute Gasteiger partial charge is 0.245 e. The van der Waals surface area contributed by atoms with Crippen LogP contribution in [-0.2, 0) is 22.7 Å². The minimum Gasteiger partial charge on any atom is -0.486 e. The number of hydrogen-bond donors (Lipinski definition) is 0. The number of ketones is 2. The monoisotopic (exact) mass is 515 g/mol. The summed E-state index contributed by atoms with van der Waals surface area (Å²) in [6, 6.07) is 6.93. The third kappa shape index (κ3) is 4.70. The van der Waals surface area contributed by atoms with Gasteiger partial charge in [-0.25, -0.2) is 9.97 Å². The van der Waals surface area contributed by atoms with Crippen LogP contribution in [0, 0.1) is 17.3 Å². The van der Waals surface area contributed by atoms with E-state index in [4.69, 9.17) is 4.74 Å². The van der Waals surface area contributed by atoms with Gasteiger partial charge in [-0.3, -0.25) is 19.1 Å². The van der Waals surface area contributed by atoms with Gasteiger partial charge in [0.15, 0.2) is 17.4 Å². The maximum atomic E-state index is 13.6. The summed E-state index contributed by atoms with van der Waals surface area (Å²) >= 11 is 0. The van der Waals surface area contributed by atoms with E-state index in [0.29, 0.717) is 51.8 Å². The number of hydrogen-bond acceptors (Lipinski definition) is 7. The first-order valence-electron chi connectivity index (χ1n) is 13.4. The van der Waals surface area contributed by atoms with Gasteiger partial charge in [0.2, 0.25) is 5.91 Å². The molecule has 2 saturated carbocycles. The van der Waals surface area contributed by atoms with Gasteiger partial charge >= 0.3 is 0 Å². The van der Waals surface area contributed by atoms with Crippen LogP contribution in [0.2, 0.25) is 0 Å². The summed E-state index contributed by atoms with van der Waals surface area (Å²) in [6.45, 7) is 6.13. The second kappa shape index (κ2) is 9.29. The summed E-state index contributed by atoms with van der Waals surface area (Å²) in [5, 5.41) is 5.14. The van der Waals surface area contributed by atoms with E-state index in [2.05, 4.69) is 28.9 Å². The van der Waals surface area contributed by atoms with E-state index in [-0.39, 0.29) is 42.7 Å². The number of carbonyl (C=O) groups excluding carboxylic acids is 3. The van der Waals surface area contributed by atoms with Gasteiger partial charge in [0, 0.05) is 37.2 Å². The van der Waals surface area contributed by atoms with Crippen molar-refractivity contribution in [2.75, 3.05) is 0 Å². The highest BCUT2D eigenvalue weighted by atomic mass is 16.5. The zero-order chi connectivity index (χ0) is 26.6. The van der Waals surface area contributed by atoms with Gasteiger partial charge in [0.05, 0.1) is 11.6 Å². The summed E-state index contributed by atoms with van der Waals surface area (Å²) in [7, 11) is 0. The number of piperidine rings is 1. The molecule has 9 nitrogen and oxygen atoms in total. The fourth-order valence-electron chi connectivity index (χ4n) is 6.56. The second-order valence-electron chi connectivity index (χ2n) is 11.9. The number of rotatable bonds is 9. The first kappa shape index (κ1) is 24.7. The molecule has 0 N–H and O–H groups in total. The SMILES string of the molecule is CC(=O)c1nn(CC(=O)N2[C@@H]3C[C@@H]3C[C@H]2C(=O)CC2CC(C)(C)C2)c2ccc(OCc3ncccn3)cc12. The van der Waals surface area contributed by atoms with Crippen molar-refractivity contribution in [3.63, 3.8) is 0 Å². The number of carbonyl (C=O) groups is 3. The zero-order valence-corrected chi connectivity index (χ0v) is 22.1. The van der Waals surface area contributed by atoms with E-state index in [1.807, 2.05) is 11.0 Å². The fraction of sp³-hybridized carbons (Fsp3) is 0.517. The number of likely N-dealkylation sites (tertiary alicyclic amines) is 1. The minimum atomic E-state index is -0.329. The average molecular weight is 516 g/mol. The van der Waals surface area contributed by atoms with Gasteiger partial charge in [0.1, 0.15) is 24.6 Å². The van der Waals surface area contributed by atoms with Crippen molar-refractivity contribution >= 4 is 28.4 Å². The molecule has 2 aromatic heterocycles. The maximum absolute atomic E-state index is 13.6. The van der Waals surface area contributed by atoms with Crippen LogP contribution in [0.15, 0.2) is 36.7 Å². The number of nitrogens with zero attached hydrogens (tertiary/aromatic N) is 5. The molecule has 3 aromatic rings. The Morgan fingerprint density at radius 2 is 1.87 bits per heavy atom. The van der Waals surface area contributed by atoms with Gasteiger partial charge in [-0.1, -0.05) is 13.8 Å². The lowest BCUT2D eigenvalue weighted by molar-refractivity contribution is -0.140. The molecule has 0 radical (unpaired) electrons. The lowest BCUT2D eigenvalue weighted by Gasteiger charge is -2.43. The van der Waals surface area contributed by atoms with Gasteiger partial charge in [-0.15, -0.1) is 0 Å². The Labute approximate surface area is 221 Å². The van der Waals surface area contributed by atoms with Crippen LogP contribution in [0.25, 0.3) is 10.9 Å². The molecule has 0 spiro atoms. The second-order valence-corrected chi connectivity index (χ2v) is 11.9. The van der Waals surface area contributed by atoms with Crippen molar-refractivity contribution in [2.45, 2.75) is 78.1 Å². The van der Waals surface area contributed by atoms with Crippen molar-refractivity contribution in [3.8, 4) is 5.75 Å².